The summed E-state index contributed by atoms with van der Waals surface area (Å²) in [6.07, 6.45) is 88.5. The number of carbonyl (C=O) groups is 3. The summed E-state index contributed by atoms with van der Waals surface area (Å²) < 4.78 is 16.9. The first kappa shape index (κ1) is 77.1. The molecule has 0 aliphatic rings. The number of esters is 3. The van der Waals surface area contributed by atoms with Crippen LogP contribution < -0.4 is 0 Å². The molecule has 0 aliphatic carbocycles. The van der Waals surface area contributed by atoms with Crippen molar-refractivity contribution in [1.82, 2.24) is 0 Å². The molecule has 0 rings (SSSR count). The Morgan fingerprint density at radius 1 is 0.263 bits per heavy atom. The molecule has 0 amide bonds. The van der Waals surface area contributed by atoms with Crippen LogP contribution in [0.15, 0.2) is 60.8 Å². The van der Waals surface area contributed by atoms with Gasteiger partial charge in [0.25, 0.3) is 0 Å². The van der Waals surface area contributed by atoms with Crippen molar-refractivity contribution in [2.45, 2.75) is 380 Å². The molecule has 0 aromatic carbocycles. The first-order valence-corrected chi connectivity index (χ1v) is 35.3. The first-order chi connectivity index (χ1) is 39.5. The predicted molar refractivity (Wildman–Crippen MR) is 348 cm³/mol. The maximum Gasteiger partial charge on any atom is 0.306 e. The predicted octanol–water partition coefficient (Wildman–Crippen LogP) is 24.3. The molecule has 0 bridgehead atoms. The van der Waals surface area contributed by atoms with Crippen molar-refractivity contribution in [2.75, 3.05) is 13.2 Å². The Morgan fingerprint density at radius 3 is 0.762 bits per heavy atom. The minimum atomic E-state index is -0.790. The van der Waals surface area contributed by atoms with Crippen LogP contribution in [0.25, 0.3) is 0 Å². The Kier molecular flexibility index (Phi) is 66.1. The Hall–Kier alpha value is -2.89. The van der Waals surface area contributed by atoms with Crippen molar-refractivity contribution < 1.29 is 28.6 Å². The summed E-state index contributed by atoms with van der Waals surface area (Å²) in [6, 6.07) is 0. The van der Waals surface area contributed by atoms with E-state index >= 15 is 0 Å². The maximum absolute atomic E-state index is 12.9. The molecule has 6 nitrogen and oxygen atoms in total. The Morgan fingerprint density at radius 2 is 0.487 bits per heavy atom. The molecule has 0 aromatic heterocycles. The van der Waals surface area contributed by atoms with Crippen molar-refractivity contribution in [2.24, 2.45) is 0 Å². The number of ether oxygens (including phenoxy) is 3. The van der Waals surface area contributed by atoms with Gasteiger partial charge < -0.3 is 14.2 Å². The van der Waals surface area contributed by atoms with Gasteiger partial charge in [0.15, 0.2) is 6.10 Å². The largest absolute Gasteiger partial charge is 0.462 e. The molecular weight excluding hydrogens is 985 g/mol. The number of unbranched alkanes of at least 4 members (excludes halogenated alkanes) is 44. The fourth-order valence-electron chi connectivity index (χ4n) is 10.5. The van der Waals surface area contributed by atoms with E-state index in [9.17, 15) is 14.4 Å². The Balaban J connectivity index is 4.13. The van der Waals surface area contributed by atoms with Crippen LogP contribution in [0.5, 0.6) is 0 Å². The van der Waals surface area contributed by atoms with Gasteiger partial charge in [0, 0.05) is 19.3 Å². The van der Waals surface area contributed by atoms with E-state index in [-0.39, 0.29) is 31.1 Å². The number of allylic oxidation sites excluding steroid dienone is 10. The average Bonchev–Trinajstić information content (AvgIpc) is 3.46. The molecule has 0 spiro atoms. The van der Waals surface area contributed by atoms with Crippen LogP contribution in [0.4, 0.5) is 0 Å². The molecule has 6 heteroatoms. The first-order valence-electron chi connectivity index (χ1n) is 35.3. The number of hydrogen-bond donors (Lipinski definition) is 0. The van der Waals surface area contributed by atoms with E-state index < -0.39 is 6.10 Å². The van der Waals surface area contributed by atoms with Gasteiger partial charge in [-0.1, -0.05) is 351 Å². The van der Waals surface area contributed by atoms with Crippen molar-refractivity contribution in [3.63, 3.8) is 0 Å². The number of rotatable bonds is 65. The normalized spacial score (nSPS) is 12.4. The lowest BCUT2D eigenvalue weighted by atomic mass is 10.0. The number of hydrogen-bond acceptors (Lipinski definition) is 6. The van der Waals surface area contributed by atoms with E-state index in [1.165, 1.54) is 238 Å². The standard InChI is InChI=1S/C74H134O6/c1-4-7-10-13-16-19-22-24-26-28-30-31-32-33-34-35-36-37-38-39-40-41-42-44-45-47-49-52-55-58-61-64-67-73(76)79-70-71(69-78-72(75)66-63-60-57-54-51-21-18-15-12-9-6-3)80-74(77)68-65-62-59-56-53-50-48-46-43-29-27-25-23-20-17-14-11-8-5-2/h8,11,17,20,25,27,43,46,50,53,71H,4-7,9-10,12-16,18-19,21-24,26,28-42,44-45,47-49,51-52,54-70H2,1-3H3/b11-8-,20-17-,27-25-,46-43-,53-50-. The van der Waals surface area contributed by atoms with Gasteiger partial charge in [-0.3, -0.25) is 14.4 Å². The number of carbonyl (C=O) groups excluding carboxylic acids is 3. The molecule has 0 heterocycles. The highest BCUT2D eigenvalue weighted by Gasteiger charge is 2.19. The maximum atomic E-state index is 12.9. The Bertz CT molecular complexity index is 1430. The van der Waals surface area contributed by atoms with Gasteiger partial charge in [-0.05, 0) is 64.2 Å². The average molecular weight is 1120 g/mol. The summed E-state index contributed by atoms with van der Waals surface area (Å²) in [5.74, 6) is -0.896. The third kappa shape index (κ3) is 65.9. The molecule has 1 atom stereocenters. The SMILES string of the molecule is CC/C=C\C/C=C\C/C=C\C/C=C\C/C=C\CCCCCC(=O)OC(COC(=O)CCCCCCCCCCCCC)COC(=O)CCCCCCCCCCCCCCCCCCCCCCCCCCCCCCCCCC. The molecule has 80 heavy (non-hydrogen) atoms. The molecule has 0 fully saturated rings. The minimum Gasteiger partial charge on any atom is -0.462 e. The topological polar surface area (TPSA) is 78.9 Å². The minimum absolute atomic E-state index is 0.0833. The molecule has 0 radical (unpaired) electrons. The van der Waals surface area contributed by atoms with Crippen LogP contribution in [-0.4, -0.2) is 37.2 Å². The smallest absolute Gasteiger partial charge is 0.306 e. The zero-order chi connectivity index (χ0) is 57.8. The van der Waals surface area contributed by atoms with Crippen LogP contribution in [-0.2, 0) is 28.6 Å². The molecule has 0 aliphatic heterocycles. The molecule has 1 unspecified atom stereocenters. The molecule has 466 valence electrons. The van der Waals surface area contributed by atoms with Gasteiger partial charge in [0.1, 0.15) is 13.2 Å². The van der Waals surface area contributed by atoms with Crippen LogP contribution in [0.1, 0.15) is 374 Å². The van der Waals surface area contributed by atoms with Gasteiger partial charge in [-0.25, -0.2) is 0 Å². The van der Waals surface area contributed by atoms with E-state index in [4.69, 9.17) is 14.2 Å². The second-order valence-corrected chi connectivity index (χ2v) is 23.8. The van der Waals surface area contributed by atoms with Gasteiger partial charge in [-0.15, -0.1) is 0 Å². The third-order valence-electron chi connectivity index (χ3n) is 15.8. The molecule has 0 N–H and O–H groups in total. The van der Waals surface area contributed by atoms with Gasteiger partial charge in [0.05, 0.1) is 0 Å². The lowest BCUT2D eigenvalue weighted by Gasteiger charge is -2.18. The lowest BCUT2D eigenvalue weighted by Crippen LogP contribution is -2.30. The summed E-state index contributed by atoms with van der Waals surface area (Å²) in [7, 11) is 0. The van der Waals surface area contributed by atoms with Gasteiger partial charge in [0.2, 0.25) is 0 Å². The highest BCUT2D eigenvalue weighted by Crippen LogP contribution is 2.19. The van der Waals surface area contributed by atoms with Crippen molar-refractivity contribution in [3.8, 4) is 0 Å². The summed E-state index contributed by atoms with van der Waals surface area (Å²) in [4.78, 5) is 38.3. The van der Waals surface area contributed by atoms with Gasteiger partial charge in [-0.2, -0.15) is 0 Å². The van der Waals surface area contributed by atoms with E-state index in [2.05, 4.69) is 81.5 Å². The molecule has 0 saturated heterocycles. The van der Waals surface area contributed by atoms with Crippen LogP contribution >= 0.6 is 0 Å². The van der Waals surface area contributed by atoms with Crippen molar-refractivity contribution in [3.05, 3.63) is 60.8 Å². The van der Waals surface area contributed by atoms with E-state index in [1.807, 2.05) is 0 Å². The van der Waals surface area contributed by atoms with Crippen molar-refractivity contribution in [1.29, 1.82) is 0 Å². The fraction of sp³-hybridized carbons (Fsp3) is 0.824. The highest BCUT2D eigenvalue weighted by atomic mass is 16.6. The monoisotopic (exact) mass is 1120 g/mol. The van der Waals surface area contributed by atoms with Crippen LogP contribution in [0, 0.1) is 0 Å². The van der Waals surface area contributed by atoms with Crippen LogP contribution in [0.3, 0.4) is 0 Å². The van der Waals surface area contributed by atoms with E-state index in [0.29, 0.717) is 19.3 Å². The van der Waals surface area contributed by atoms with Gasteiger partial charge >= 0.3 is 17.9 Å². The summed E-state index contributed by atoms with van der Waals surface area (Å²) >= 11 is 0. The van der Waals surface area contributed by atoms with Crippen LogP contribution in [0.2, 0.25) is 0 Å². The third-order valence-corrected chi connectivity index (χ3v) is 15.8. The second kappa shape index (κ2) is 68.6. The fourth-order valence-corrected chi connectivity index (χ4v) is 10.5. The summed E-state index contributed by atoms with van der Waals surface area (Å²) in [5, 5.41) is 0. The second-order valence-electron chi connectivity index (χ2n) is 23.8. The molecular formula is C74H134O6. The summed E-state index contributed by atoms with van der Waals surface area (Å²) in [5.41, 5.74) is 0. The van der Waals surface area contributed by atoms with Crippen molar-refractivity contribution >= 4 is 17.9 Å². The zero-order valence-corrected chi connectivity index (χ0v) is 53.6. The quantitative estimate of drug-likeness (QED) is 0.0261. The highest BCUT2D eigenvalue weighted by molar-refractivity contribution is 5.71. The summed E-state index contributed by atoms with van der Waals surface area (Å²) in [6.45, 7) is 6.55. The molecule has 0 aromatic rings. The molecule has 0 saturated carbocycles. The Labute approximate surface area is 498 Å². The lowest BCUT2D eigenvalue weighted by molar-refractivity contribution is -0.167. The van der Waals surface area contributed by atoms with E-state index in [0.717, 1.165) is 96.3 Å². The van der Waals surface area contributed by atoms with E-state index in [1.54, 1.807) is 0 Å². The zero-order valence-electron chi connectivity index (χ0n) is 53.6.